The second kappa shape index (κ2) is 8.15. The van der Waals surface area contributed by atoms with Crippen molar-refractivity contribution >= 4 is 17.6 Å². The normalized spacial score (nSPS) is 11.5. The van der Waals surface area contributed by atoms with Crippen LogP contribution in [0.5, 0.6) is 5.75 Å². The number of hydrogen-bond donors (Lipinski definition) is 1. The molecule has 2 rings (SSSR count). The van der Waals surface area contributed by atoms with Crippen molar-refractivity contribution in [3.63, 3.8) is 0 Å². The van der Waals surface area contributed by atoms with Crippen LogP contribution in [0.4, 0.5) is 5.69 Å². The Hall–Kier alpha value is -2.82. The van der Waals surface area contributed by atoms with Crippen LogP contribution < -0.4 is 10.1 Å². The lowest BCUT2D eigenvalue weighted by Crippen LogP contribution is -2.30. The standard InChI is InChI=1S/C19H21NO4/c1-13-8-7-9-14(2)18(13)20-17(21)12-23-19(22)15(3)24-16-10-5-4-6-11-16/h4-11,15H,12H2,1-3H3,(H,20,21)/t15-/m1/s1. The fraction of sp³-hybridized carbons (Fsp3) is 0.263. The van der Waals surface area contributed by atoms with Crippen LogP contribution in [0.15, 0.2) is 48.5 Å². The molecule has 1 amide bonds. The van der Waals surface area contributed by atoms with Gasteiger partial charge in [0.15, 0.2) is 12.7 Å². The lowest BCUT2D eigenvalue weighted by atomic mass is 10.1. The fourth-order valence-corrected chi connectivity index (χ4v) is 2.19. The Morgan fingerprint density at radius 2 is 1.62 bits per heavy atom. The molecular formula is C19H21NO4. The molecule has 0 aliphatic carbocycles. The highest BCUT2D eigenvalue weighted by Crippen LogP contribution is 2.19. The highest BCUT2D eigenvalue weighted by atomic mass is 16.6. The number of benzene rings is 2. The van der Waals surface area contributed by atoms with Crippen molar-refractivity contribution in [2.24, 2.45) is 0 Å². The molecule has 2 aromatic carbocycles. The van der Waals surface area contributed by atoms with Crippen LogP contribution >= 0.6 is 0 Å². The van der Waals surface area contributed by atoms with E-state index in [4.69, 9.17) is 9.47 Å². The Bertz CT molecular complexity index is 692. The van der Waals surface area contributed by atoms with Crippen LogP contribution in [-0.4, -0.2) is 24.6 Å². The Kier molecular flexibility index (Phi) is 5.95. The predicted molar refractivity (Wildman–Crippen MR) is 92.0 cm³/mol. The molecule has 0 radical (unpaired) electrons. The molecule has 0 saturated heterocycles. The van der Waals surface area contributed by atoms with Crippen molar-refractivity contribution in [2.45, 2.75) is 26.9 Å². The number of aryl methyl sites for hydroxylation is 2. The van der Waals surface area contributed by atoms with Gasteiger partial charge < -0.3 is 14.8 Å². The first kappa shape index (κ1) is 17.5. The number of carbonyl (C=O) groups excluding carboxylic acids is 2. The molecule has 0 aromatic heterocycles. The van der Waals surface area contributed by atoms with Gasteiger partial charge in [0.25, 0.3) is 5.91 Å². The number of carbonyl (C=O) groups is 2. The van der Waals surface area contributed by atoms with Gasteiger partial charge in [-0.05, 0) is 44.0 Å². The summed E-state index contributed by atoms with van der Waals surface area (Å²) in [5, 5.41) is 2.77. The van der Waals surface area contributed by atoms with Gasteiger partial charge in [0.1, 0.15) is 5.75 Å². The number of anilines is 1. The molecule has 24 heavy (non-hydrogen) atoms. The van der Waals surface area contributed by atoms with Gasteiger partial charge in [-0.15, -0.1) is 0 Å². The van der Waals surface area contributed by atoms with Gasteiger partial charge in [0.05, 0.1) is 0 Å². The zero-order chi connectivity index (χ0) is 17.5. The molecular weight excluding hydrogens is 306 g/mol. The highest BCUT2D eigenvalue weighted by Gasteiger charge is 2.18. The molecule has 0 unspecified atom stereocenters. The first-order chi connectivity index (χ1) is 11.5. The third-order valence-corrected chi connectivity index (χ3v) is 3.48. The molecule has 0 bridgehead atoms. The average Bonchev–Trinajstić information content (AvgIpc) is 2.57. The summed E-state index contributed by atoms with van der Waals surface area (Å²) in [6.45, 7) is 5.04. The van der Waals surface area contributed by atoms with Gasteiger partial charge >= 0.3 is 5.97 Å². The summed E-state index contributed by atoms with van der Waals surface area (Å²) >= 11 is 0. The average molecular weight is 327 g/mol. The summed E-state index contributed by atoms with van der Waals surface area (Å²) in [7, 11) is 0. The minimum absolute atomic E-state index is 0.352. The maximum atomic E-state index is 12.0. The van der Waals surface area contributed by atoms with Crippen molar-refractivity contribution in [1.29, 1.82) is 0 Å². The van der Waals surface area contributed by atoms with Gasteiger partial charge in [0, 0.05) is 5.69 Å². The van der Waals surface area contributed by atoms with E-state index in [1.807, 2.05) is 50.2 Å². The first-order valence-corrected chi connectivity index (χ1v) is 7.72. The van der Waals surface area contributed by atoms with E-state index in [2.05, 4.69) is 5.32 Å². The molecule has 126 valence electrons. The first-order valence-electron chi connectivity index (χ1n) is 7.72. The maximum Gasteiger partial charge on any atom is 0.347 e. The molecule has 1 atom stereocenters. The Labute approximate surface area is 141 Å². The number of nitrogens with one attached hydrogen (secondary N) is 1. The van der Waals surface area contributed by atoms with E-state index in [1.54, 1.807) is 19.1 Å². The quantitative estimate of drug-likeness (QED) is 0.827. The minimum Gasteiger partial charge on any atom is -0.479 e. The molecule has 0 fully saturated rings. The third kappa shape index (κ3) is 4.84. The van der Waals surface area contributed by atoms with Gasteiger partial charge in [-0.2, -0.15) is 0 Å². The van der Waals surface area contributed by atoms with Crippen molar-refractivity contribution in [3.05, 3.63) is 59.7 Å². The summed E-state index contributed by atoms with van der Waals surface area (Å²) in [5.41, 5.74) is 2.65. The summed E-state index contributed by atoms with van der Waals surface area (Å²) < 4.78 is 10.5. The van der Waals surface area contributed by atoms with E-state index < -0.39 is 12.1 Å². The van der Waals surface area contributed by atoms with Crippen LogP contribution in [0.1, 0.15) is 18.1 Å². The zero-order valence-corrected chi connectivity index (χ0v) is 14.0. The van der Waals surface area contributed by atoms with Crippen molar-refractivity contribution in [2.75, 3.05) is 11.9 Å². The van der Waals surface area contributed by atoms with Crippen LogP contribution in [0, 0.1) is 13.8 Å². The molecule has 0 aliphatic rings. The number of ether oxygens (including phenoxy) is 2. The second-order valence-corrected chi connectivity index (χ2v) is 5.50. The molecule has 0 heterocycles. The summed E-state index contributed by atoms with van der Waals surface area (Å²) in [6, 6.07) is 14.7. The van der Waals surface area contributed by atoms with Crippen molar-refractivity contribution in [1.82, 2.24) is 0 Å². The molecule has 0 spiro atoms. The Morgan fingerprint density at radius 3 is 2.25 bits per heavy atom. The van der Waals surface area contributed by atoms with Crippen molar-refractivity contribution in [3.8, 4) is 5.75 Å². The minimum atomic E-state index is -0.791. The summed E-state index contributed by atoms with van der Waals surface area (Å²) in [5.74, 6) is -0.398. The second-order valence-electron chi connectivity index (χ2n) is 5.50. The van der Waals surface area contributed by atoms with Gasteiger partial charge in [-0.1, -0.05) is 36.4 Å². The third-order valence-electron chi connectivity index (χ3n) is 3.48. The largest absolute Gasteiger partial charge is 0.479 e. The number of para-hydroxylation sites is 2. The Balaban J connectivity index is 1.84. The predicted octanol–water partition coefficient (Wildman–Crippen LogP) is 3.25. The van der Waals surface area contributed by atoms with E-state index in [9.17, 15) is 9.59 Å². The number of hydrogen-bond acceptors (Lipinski definition) is 4. The van der Waals surface area contributed by atoms with Crippen LogP contribution in [-0.2, 0) is 14.3 Å². The molecule has 2 aromatic rings. The van der Waals surface area contributed by atoms with Crippen molar-refractivity contribution < 1.29 is 19.1 Å². The maximum absolute atomic E-state index is 12.0. The van der Waals surface area contributed by atoms with E-state index in [0.717, 1.165) is 16.8 Å². The molecule has 5 nitrogen and oxygen atoms in total. The smallest absolute Gasteiger partial charge is 0.347 e. The van der Waals surface area contributed by atoms with Crippen LogP contribution in [0.25, 0.3) is 0 Å². The van der Waals surface area contributed by atoms with E-state index in [0.29, 0.717) is 5.75 Å². The Morgan fingerprint density at radius 1 is 1.00 bits per heavy atom. The topological polar surface area (TPSA) is 64.6 Å². The van der Waals surface area contributed by atoms with Gasteiger partial charge in [0.2, 0.25) is 0 Å². The number of rotatable bonds is 6. The van der Waals surface area contributed by atoms with E-state index >= 15 is 0 Å². The lowest BCUT2D eigenvalue weighted by Gasteiger charge is -2.15. The molecule has 0 aliphatic heterocycles. The zero-order valence-electron chi connectivity index (χ0n) is 14.0. The fourth-order valence-electron chi connectivity index (χ4n) is 2.19. The van der Waals surface area contributed by atoms with Crippen LogP contribution in [0.3, 0.4) is 0 Å². The van der Waals surface area contributed by atoms with Gasteiger partial charge in [-0.3, -0.25) is 4.79 Å². The van der Waals surface area contributed by atoms with E-state index in [-0.39, 0.29) is 12.5 Å². The number of esters is 1. The van der Waals surface area contributed by atoms with Crippen LogP contribution in [0.2, 0.25) is 0 Å². The molecule has 1 N–H and O–H groups in total. The highest BCUT2D eigenvalue weighted by molar-refractivity contribution is 5.94. The molecule has 0 saturated carbocycles. The number of amides is 1. The van der Waals surface area contributed by atoms with Gasteiger partial charge in [-0.25, -0.2) is 4.79 Å². The summed E-state index contributed by atoms with van der Waals surface area (Å²) in [4.78, 5) is 23.9. The SMILES string of the molecule is Cc1cccc(C)c1NC(=O)COC(=O)[C@@H](C)Oc1ccccc1. The monoisotopic (exact) mass is 327 g/mol. The summed E-state index contributed by atoms with van der Waals surface area (Å²) in [6.07, 6.45) is -0.791. The molecule has 5 heteroatoms. The lowest BCUT2D eigenvalue weighted by molar-refractivity contribution is -0.153. The van der Waals surface area contributed by atoms with E-state index in [1.165, 1.54) is 0 Å².